The first-order chi connectivity index (χ1) is 8.97. The minimum Gasteiger partial charge on any atom is -0.329 e. The van der Waals surface area contributed by atoms with E-state index in [1.54, 1.807) is 0 Å². The van der Waals surface area contributed by atoms with Gasteiger partial charge in [0.15, 0.2) is 0 Å². The van der Waals surface area contributed by atoms with Gasteiger partial charge in [-0.2, -0.15) is 0 Å². The lowest BCUT2D eigenvalue weighted by Crippen LogP contribution is -2.57. The van der Waals surface area contributed by atoms with Crippen molar-refractivity contribution in [2.24, 2.45) is 11.1 Å². The lowest BCUT2D eigenvalue weighted by molar-refractivity contribution is 0.0231. The van der Waals surface area contributed by atoms with Gasteiger partial charge in [-0.25, -0.2) is 0 Å². The average Bonchev–Trinajstić information content (AvgIpc) is 2.87. The second-order valence-electron chi connectivity index (χ2n) is 7.59. The first kappa shape index (κ1) is 15.3. The van der Waals surface area contributed by atoms with Gasteiger partial charge < -0.3 is 10.6 Å². The number of rotatable bonds is 5. The van der Waals surface area contributed by atoms with Gasteiger partial charge in [0.05, 0.1) is 0 Å². The van der Waals surface area contributed by atoms with Crippen LogP contribution >= 0.6 is 0 Å². The van der Waals surface area contributed by atoms with E-state index in [1.165, 1.54) is 64.7 Å². The van der Waals surface area contributed by atoms with Crippen LogP contribution in [0.3, 0.4) is 0 Å². The number of nitrogens with zero attached hydrogens (tertiary/aromatic N) is 2. The van der Waals surface area contributed by atoms with E-state index in [1.807, 2.05) is 0 Å². The summed E-state index contributed by atoms with van der Waals surface area (Å²) in [5, 5.41) is 0. The molecule has 2 N–H and O–H groups in total. The first-order valence-corrected chi connectivity index (χ1v) is 8.11. The second kappa shape index (κ2) is 6.11. The smallest absolute Gasteiger partial charge is 0.0334 e. The summed E-state index contributed by atoms with van der Waals surface area (Å²) in [6, 6.07) is 0. The Morgan fingerprint density at radius 3 is 2.37 bits per heavy atom. The molecule has 0 radical (unpaired) electrons. The first-order valence-electron chi connectivity index (χ1n) is 8.11. The Morgan fingerprint density at radius 2 is 1.79 bits per heavy atom. The molecule has 3 heteroatoms. The molecule has 112 valence electrons. The number of likely N-dealkylation sites (tertiary alicyclic amines) is 1. The van der Waals surface area contributed by atoms with Crippen LogP contribution in [0.2, 0.25) is 0 Å². The molecule has 19 heavy (non-hydrogen) atoms. The maximum absolute atomic E-state index is 6.19. The number of hydrogen-bond donors (Lipinski definition) is 1. The predicted octanol–water partition coefficient (Wildman–Crippen LogP) is 2.31. The normalized spacial score (nSPS) is 32.1. The molecule has 0 aromatic rings. The summed E-state index contributed by atoms with van der Waals surface area (Å²) in [5.41, 5.74) is 6.90. The van der Waals surface area contributed by atoms with E-state index in [-0.39, 0.29) is 5.54 Å². The van der Waals surface area contributed by atoms with Crippen molar-refractivity contribution in [2.75, 3.05) is 39.8 Å². The van der Waals surface area contributed by atoms with Crippen molar-refractivity contribution in [3.63, 3.8) is 0 Å². The van der Waals surface area contributed by atoms with Gasteiger partial charge in [-0.15, -0.1) is 0 Å². The van der Waals surface area contributed by atoms with Crippen LogP contribution in [0.5, 0.6) is 0 Å². The van der Waals surface area contributed by atoms with Gasteiger partial charge in [-0.1, -0.05) is 20.3 Å². The topological polar surface area (TPSA) is 32.5 Å². The SMILES string of the molecule is CN(CCN1CCCC1)C1(CN)CCCC(C)(C)C1. The van der Waals surface area contributed by atoms with Crippen LogP contribution in [0, 0.1) is 5.41 Å². The summed E-state index contributed by atoms with van der Waals surface area (Å²) in [6.07, 6.45) is 8.00. The van der Waals surface area contributed by atoms with Crippen molar-refractivity contribution >= 4 is 0 Å². The Hall–Kier alpha value is -0.120. The van der Waals surface area contributed by atoms with E-state index in [9.17, 15) is 0 Å². The molecule has 0 amide bonds. The minimum atomic E-state index is 0.251. The third-order valence-electron chi connectivity index (χ3n) is 5.44. The summed E-state index contributed by atoms with van der Waals surface area (Å²) in [6.45, 7) is 10.6. The maximum Gasteiger partial charge on any atom is 0.0334 e. The fourth-order valence-electron chi connectivity index (χ4n) is 4.15. The van der Waals surface area contributed by atoms with Crippen molar-refractivity contribution in [3.8, 4) is 0 Å². The summed E-state index contributed by atoms with van der Waals surface area (Å²) >= 11 is 0. The molecule has 0 spiro atoms. The van der Waals surface area contributed by atoms with Gasteiger partial charge in [0.1, 0.15) is 0 Å². The highest BCUT2D eigenvalue weighted by atomic mass is 15.2. The average molecular weight is 267 g/mol. The molecular formula is C16H33N3. The van der Waals surface area contributed by atoms with E-state index in [0.717, 1.165) is 6.54 Å². The molecule has 2 aliphatic rings. The predicted molar refractivity (Wildman–Crippen MR) is 82.3 cm³/mol. The molecule has 0 aromatic carbocycles. The van der Waals surface area contributed by atoms with Crippen LogP contribution in [0.25, 0.3) is 0 Å². The third kappa shape index (κ3) is 3.71. The molecule has 0 bridgehead atoms. The Morgan fingerprint density at radius 1 is 1.11 bits per heavy atom. The highest BCUT2D eigenvalue weighted by molar-refractivity contribution is 4.98. The van der Waals surface area contributed by atoms with Gasteiger partial charge >= 0.3 is 0 Å². The quantitative estimate of drug-likeness (QED) is 0.830. The largest absolute Gasteiger partial charge is 0.329 e. The van der Waals surface area contributed by atoms with Crippen LogP contribution in [-0.2, 0) is 0 Å². The third-order valence-corrected chi connectivity index (χ3v) is 5.44. The number of hydrogen-bond acceptors (Lipinski definition) is 3. The molecule has 2 fully saturated rings. The van der Waals surface area contributed by atoms with E-state index < -0.39 is 0 Å². The van der Waals surface area contributed by atoms with Crippen LogP contribution < -0.4 is 5.73 Å². The van der Waals surface area contributed by atoms with Crippen LogP contribution in [0.15, 0.2) is 0 Å². The van der Waals surface area contributed by atoms with Crippen LogP contribution in [0.4, 0.5) is 0 Å². The van der Waals surface area contributed by atoms with Crippen molar-refractivity contribution in [3.05, 3.63) is 0 Å². The summed E-state index contributed by atoms with van der Waals surface area (Å²) in [5.74, 6) is 0. The Labute approximate surface area is 119 Å². The molecule has 2 rings (SSSR count). The zero-order valence-electron chi connectivity index (χ0n) is 13.2. The summed E-state index contributed by atoms with van der Waals surface area (Å²) in [4.78, 5) is 5.18. The summed E-state index contributed by atoms with van der Waals surface area (Å²) < 4.78 is 0. The Bertz CT molecular complexity index is 284. The van der Waals surface area contributed by atoms with Crippen molar-refractivity contribution in [1.29, 1.82) is 0 Å². The molecule has 0 aromatic heterocycles. The molecule has 1 saturated heterocycles. The number of likely N-dealkylation sites (N-methyl/N-ethyl adjacent to an activating group) is 1. The standard InChI is InChI=1S/C16H33N3/c1-15(2)7-6-8-16(13-15,14-17)18(3)11-12-19-9-4-5-10-19/h4-14,17H2,1-3H3. The van der Waals surface area contributed by atoms with Gasteiger partial charge in [0, 0.05) is 25.2 Å². The zero-order chi connectivity index (χ0) is 13.9. The van der Waals surface area contributed by atoms with Gasteiger partial charge in [-0.3, -0.25) is 4.90 Å². The zero-order valence-corrected chi connectivity index (χ0v) is 13.2. The summed E-state index contributed by atoms with van der Waals surface area (Å²) in [7, 11) is 2.30. The fraction of sp³-hybridized carbons (Fsp3) is 1.00. The Balaban J connectivity index is 1.91. The van der Waals surface area contributed by atoms with E-state index >= 15 is 0 Å². The second-order valence-corrected chi connectivity index (χ2v) is 7.59. The molecular weight excluding hydrogens is 234 g/mol. The van der Waals surface area contributed by atoms with Crippen molar-refractivity contribution in [1.82, 2.24) is 9.80 Å². The molecule has 1 heterocycles. The fourth-order valence-corrected chi connectivity index (χ4v) is 4.15. The Kier molecular flexibility index (Phi) is 4.91. The number of nitrogens with two attached hydrogens (primary N) is 1. The monoisotopic (exact) mass is 267 g/mol. The highest BCUT2D eigenvalue weighted by Crippen LogP contribution is 2.43. The van der Waals surface area contributed by atoms with E-state index in [2.05, 4.69) is 30.7 Å². The van der Waals surface area contributed by atoms with E-state index in [0.29, 0.717) is 5.41 Å². The molecule has 1 aliphatic heterocycles. The van der Waals surface area contributed by atoms with Crippen LogP contribution in [-0.4, -0.2) is 55.1 Å². The molecule has 1 saturated carbocycles. The highest BCUT2D eigenvalue weighted by Gasteiger charge is 2.41. The van der Waals surface area contributed by atoms with E-state index in [4.69, 9.17) is 5.73 Å². The van der Waals surface area contributed by atoms with Crippen LogP contribution in [0.1, 0.15) is 52.4 Å². The van der Waals surface area contributed by atoms with Gasteiger partial charge in [0.25, 0.3) is 0 Å². The lowest BCUT2D eigenvalue weighted by atomic mass is 9.67. The van der Waals surface area contributed by atoms with Crippen molar-refractivity contribution in [2.45, 2.75) is 57.9 Å². The van der Waals surface area contributed by atoms with Crippen molar-refractivity contribution < 1.29 is 0 Å². The maximum atomic E-state index is 6.19. The minimum absolute atomic E-state index is 0.251. The van der Waals surface area contributed by atoms with Gasteiger partial charge in [0.2, 0.25) is 0 Å². The molecule has 1 unspecified atom stereocenters. The lowest BCUT2D eigenvalue weighted by Gasteiger charge is -2.50. The molecule has 3 nitrogen and oxygen atoms in total. The van der Waals surface area contributed by atoms with Gasteiger partial charge in [-0.05, 0) is 57.7 Å². The molecule has 1 atom stereocenters. The molecule has 1 aliphatic carbocycles.